The molecule has 0 aliphatic rings. The Hall–Kier alpha value is -0.540. The number of hydrogen-bond acceptors (Lipinski definition) is 1. The number of hydrogen-bond donors (Lipinski definition) is 1. The minimum atomic E-state index is 0.0627. The SMILES string of the molecule is O=C(CCCCBr)Nc1cccc(CCl)c1. The summed E-state index contributed by atoms with van der Waals surface area (Å²) >= 11 is 9.06. The molecule has 1 aromatic rings. The summed E-state index contributed by atoms with van der Waals surface area (Å²) in [5.74, 6) is 0.528. The van der Waals surface area contributed by atoms with Crippen molar-refractivity contribution in [3.8, 4) is 0 Å². The largest absolute Gasteiger partial charge is 0.326 e. The Bertz CT molecular complexity index is 344. The Labute approximate surface area is 110 Å². The molecule has 0 heterocycles. The van der Waals surface area contributed by atoms with Crippen molar-refractivity contribution in [1.82, 2.24) is 0 Å². The van der Waals surface area contributed by atoms with Crippen LogP contribution in [0.15, 0.2) is 24.3 Å². The van der Waals surface area contributed by atoms with Crippen molar-refractivity contribution >= 4 is 39.1 Å². The predicted octanol–water partition coefficient (Wildman–Crippen LogP) is 3.93. The summed E-state index contributed by atoms with van der Waals surface area (Å²) in [5.41, 5.74) is 1.84. The van der Waals surface area contributed by atoms with Gasteiger partial charge in [0.1, 0.15) is 0 Å². The van der Waals surface area contributed by atoms with E-state index in [0.717, 1.165) is 29.4 Å². The van der Waals surface area contributed by atoms with Gasteiger partial charge < -0.3 is 5.32 Å². The fraction of sp³-hybridized carbons (Fsp3) is 0.417. The van der Waals surface area contributed by atoms with Crippen LogP contribution in [0.5, 0.6) is 0 Å². The molecule has 16 heavy (non-hydrogen) atoms. The fourth-order valence-corrected chi connectivity index (χ4v) is 1.90. The Morgan fingerprint density at radius 2 is 2.19 bits per heavy atom. The van der Waals surface area contributed by atoms with Gasteiger partial charge in [-0.15, -0.1) is 11.6 Å². The maximum atomic E-state index is 11.5. The van der Waals surface area contributed by atoms with Gasteiger partial charge in [-0.2, -0.15) is 0 Å². The van der Waals surface area contributed by atoms with Gasteiger partial charge in [-0.05, 0) is 30.5 Å². The number of alkyl halides is 2. The number of carbonyl (C=O) groups is 1. The topological polar surface area (TPSA) is 29.1 Å². The zero-order valence-electron chi connectivity index (χ0n) is 9.01. The molecule has 0 bridgehead atoms. The molecule has 0 unspecified atom stereocenters. The molecule has 0 fully saturated rings. The summed E-state index contributed by atoms with van der Waals surface area (Å²) in [4.78, 5) is 11.5. The summed E-state index contributed by atoms with van der Waals surface area (Å²) in [6.07, 6.45) is 2.50. The van der Waals surface area contributed by atoms with Gasteiger partial charge in [-0.25, -0.2) is 0 Å². The summed E-state index contributed by atoms with van der Waals surface area (Å²) in [6, 6.07) is 7.60. The van der Waals surface area contributed by atoms with E-state index in [1.54, 1.807) is 0 Å². The molecule has 1 N–H and O–H groups in total. The maximum absolute atomic E-state index is 11.5. The summed E-state index contributed by atoms with van der Waals surface area (Å²) in [5, 5.41) is 3.81. The molecule has 0 aliphatic heterocycles. The normalized spacial score (nSPS) is 10.1. The van der Waals surface area contributed by atoms with Crippen molar-refractivity contribution in [1.29, 1.82) is 0 Å². The van der Waals surface area contributed by atoms with Crippen LogP contribution in [0.3, 0.4) is 0 Å². The third-order valence-corrected chi connectivity index (χ3v) is 3.02. The van der Waals surface area contributed by atoms with E-state index in [2.05, 4.69) is 21.2 Å². The molecule has 1 aromatic carbocycles. The van der Waals surface area contributed by atoms with E-state index in [-0.39, 0.29) is 5.91 Å². The van der Waals surface area contributed by atoms with Crippen LogP contribution in [0.4, 0.5) is 5.69 Å². The first kappa shape index (κ1) is 13.5. The zero-order chi connectivity index (χ0) is 11.8. The van der Waals surface area contributed by atoms with Crippen molar-refractivity contribution in [3.05, 3.63) is 29.8 Å². The van der Waals surface area contributed by atoms with E-state index >= 15 is 0 Å². The van der Waals surface area contributed by atoms with Gasteiger partial charge in [0.15, 0.2) is 0 Å². The van der Waals surface area contributed by atoms with Gasteiger partial charge in [-0.1, -0.05) is 28.1 Å². The fourth-order valence-electron chi connectivity index (χ4n) is 1.34. The first-order valence-corrected chi connectivity index (χ1v) is 6.92. The smallest absolute Gasteiger partial charge is 0.224 e. The lowest BCUT2D eigenvalue weighted by Crippen LogP contribution is -2.11. The first-order chi connectivity index (χ1) is 7.76. The van der Waals surface area contributed by atoms with Crippen molar-refractivity contribution < 1.29 is 4.79 Å². The highest BCUT2D eigenvalue weighted by Gasteiger charge is 2.02. The average molecular weight is 305 g/mol. The number of halogens is 2. The number of benzene rings is 1. The number of carbonyl (C=O) groups excluding carboxylic acids is 1. The molecule has 0 radical (unpaired) electrons. The number of unbranched alkanes of at least 4 members (excludes halogenated alkanes) is 1. The minimum Gasteiger partial charge on any atom is -0.326 e. The second-order valence-corrected chi connectivity index (χ2v) is 4.59. The van der Waals surface area contributed by atoms with Crippen LogP contribution in [-0.4, -0.2) is 11.2 Å². The van der Waals surface area contributed by atoms with Crippen LogP contribution in [0.25, 0.3) is 0 Å². The van der Waals surface area contributed by atoms with Crippen molar-refractivity contribution in [2.45, 2.75) is 25.1 Å². The number of amides is 1. The molecule has 4 heteroatoms. The predicted molar refractivity (Wildman–Crippen MR) is 72.3 cm³/mol. The molecule has 0 atom stereocenters. The molecule has 0 aromatic heterocycles. The van der Waals surface area contributed by atoms with Crippen LogP contribution in [0.2, 0.25) is 0 Å². The van der Waals surface area contributed by atoms with Gasteiger partial charge in [0, 0.05) is 23.3 Å². The lowest BCUT2D eigenvalue weighted by molar-refractivity contribution is -0.116. The van der Waals surface area contributed by atoms with Crippen LogP contribution in [0, 0.1) is 0 Å². The van der Waals surface area contributed by atoms with Gasteiger partial charge in [-0.3, -0.25) is 4.79 Å². The van der Waals surface area contributed by atoms with E-state index < -0.39 is 0 Å². The number of rotatable bonds is 6. The molecule has 0 saturated carbocycles. The molecule has 1 amide bonds. The first-order valence-electron chi connectivity index (χ1n) is 5.27. The van der Waals surface area contributed by atoms with Crippen LogP contribution >= 0.6 is 27.5 Å². The molecular weight excluding hydrogens is 289 g/mol. The maximum Gasteiger partial charge on any atom is 0.224 e. The highest BCUT2D eigenvalue weighted by atomic mass is 79.9. The number of nitrogens with one attached hydrogen (secondary N) is 1. The lowest BCUT2D eigenvalue weighted by Gasteiger charge is -2.05. The van der Waals surface area contributed by atoms with E-state index in [0.29, 0.717) is 12.3 Å². The van der Waals surface area contributed by atoms with E-state index in [1.165, 1.54) is 0 Å². The third-order valence-electron chi connectivity index (χ3n) is 2.15. The van der Waals surface area contributed by atoms with Gasteiger partial charge >= 0.3 is 0 Å². The highest BCUT2D eigenvalue weighted by Crippen LogP contribution is 2.13. The van der Waals surface area contributed by atoms with E-state index in [1.807, 2.05) is 24.3 Å². The molecule has 0 spiro atoms. The summed E-state index contributed by atoms with van der Waals surface area (Å²) in [7, 11) is 0. The second kappa shape index (κ2) is 7.69. The van der Waals surface area contributed by atoms with Crippen LogP contribution in [-0.2, 0) is 10.7 Å². The van der Waals surface area contributed by atoms with Crippen LogP contribution < -0.4 is 5.32 Å². The Morgan fingerprint density at radius 3 is 2.88 bits per heavy atom. The average Bonchev–Trinajstić information content (AvgIpc) is 2.29. The second-order valence-electron chi connectivity index (χ2n) is 3.53. The number of anilines is 1. The summed E-state index contributed by atoms with van der Waals surface area (Å²) < 4.78 is 0. The van der Waals surface area contributed by atoms with Gasteiger partial charge in [0.05, 0.1) is 0 Å². The molecule has 0 aliphatic carbocycles. The quantitative estimate of drug-likeness (QED) is 0.626. The third kappa shape index (κ3) is 4.99. The molecule has 2 nitrogen and oxygen atoms in total. The Morgan fingerprint density at radius 1 is 1.38 bits per heavy atom. The van der Waals surface area contributed by atoms with E-state index in [4.69, 9.17) is 11.6 Å². The zero-order valence-corrected chi connectivity index (χ0v) is 11.4. The highest BCUT2D eigenvalue weighted by molar-refractivity contribution is 9.09. The van der Waals surface area contributed by atoms with Gasteiger partial charge in [0.2, 0.25) is 5.91 Å². The van der Waals surface area contributed by atoms with Crippen molar-refractivity contribution in [2.75, 3.05) is 10.6 Å². The van der Waals surface area contributed by atoms with Crippen molar-refractivity contribution in [3.63, 3.8) is 0 Å². The molecule has 0 saturated heterocycles. The van der Waals surface area contributed by atoms with Crippen LogP contribution in [0.1, 0.15) is 24.8 Å². The molecule has 1 rings (SSSR count). The summed E-state index contributed by atoms with van der Waals surface area (Å²) in [6.45, 7) is 0. The van der Waals surface area contributed by atoms with Crippen molar-refractivity contribution in [2.24, 2.45) is 0 Å². The standard InChI is InChI=1S/C12H15BrClNO/c13-7-2-1-6-12(16)15-11-5-3-4-10(8-11)9-14/h3-5,8H,1-2,6-7,9H2,(H,15,16). The minimum absolute atomic E-state index is 0.0627. The lowest BCUT2D eigenvalue weighted by atomic mass is 10.2. The monoisotopic (exact) mass is 303 g/mol. The Balaban J connectivity index is 2.43. The van der Waals surface area contributed by atoms with Gasteiger partial charge in [0.25, 0.3) is 0 Å². The Kier molecular flexibility index (Phi) is 6.50. The molecular formula is C12H15BrClNO. The molecule has 88 valence electrons. The van der Waals surface area contributed by atoms with E-state index in [9.17, 15) is 4.79 Å².